The van der Waals surface area contributed by atoms with Gasteiger partial charge in [0.05, 0.1) is 17.7 Å². The lowest BCUT2D eigenvalue weighted by Gasteiger charge is -2.26. The Kier molecular flexibility index (Phi) is 5.69. The smallest absolute Gasteiger partial charge is 0.267 e. The Balaban J connectivity index is 2.00. The maximum Gasteiger partial charge on any atom is 0.267 e. The van der Waals surface area contributed by atoms with Gasteiger partial charge in [0.2, 0.25) is 10.0 Å². The molecular weight excluding hydrogens is 406 g/mol. The number of rotatable bonds is 6. The Morgan fingerprint density at radius 3 is 2.36 bits per heavy atom. The summed E-state index contributed by atoms with van der Waals surface area (Å²) < 4.78 is 65.4. The van der Waals surface area contributed by atoms with Crippen LogP contribution in [0, 0.1) is 13.8 Å². The maximum absolute atomic E-state index is 12.9. The molecule has 1 N–H and O–H groups in total. The first-order valence-electron chi connectivity index (χ1n) is 8.80. The van der Waals surface area contributed by atoms with Crippen LogP contribution >= 0.6 is 0 Å². The van der Waals surface area contributed by atoms with Crippen LogP contribution in [0.1, 0.15) is 30.7 Å². The second-order valence-electron chi connectivity index (χ2n) is 6.59. The number of hydrogen-bond acceptors (Lipinski definition) is 7. The third-order valence-corrected chi connectivity index (χ3v) is 8.11. The van der Waals surface area contributed by atoms with Crippen molar-refractivity contribution < 1.29 is 26.1 Å². The summed E-state index contributed by atoms with van der Waals surface area (Å²) in [5.41, 5.74) is 0.238. The summed E-state index contributed by atoms with van der Waals surface area (Å²) >= 11 is 0. The van der Waals surface area contributed by atoms with E-state index in [1.54, 1.807) is 0 Å². The minimum absolute atomic E-state index is 0.00617. The first-order chi connectivity index (χ1) is 13.2. The molecule has 0 aliphatic carbocycles. The summed E-state index contributed by atoms with van der Waals surface area (Å²) in [7, 11) is -6.39. The average molecular weight is 430 g/mol. The molecule has 1 saturated heterocycles. The number of piperidine rings is 1. The summed E-state index contributed by atoms with van der Waals surface area (Å²) in [4.78, 5) is -0.0782. The van der Waals surface area contributed by atoms with Gasteiger partial charge in [-0.2, -0.15) is 4.31 Å². The Morgan fingerprint density at radius 1 is 1.11 bits per heavy atom. The molecule has 3 rings (SSSR count). The van der Waals surface area contributed by atoms with Crippen LogP contribution in [0.2, 0.25) is 0 Å². The summed E-state index contributed by atoms with van der Waals surface area (Å²) in [5, 5.41) is 3.66. The molecule has 0 amide bonds. The van der Waals surface area contributed by atoms with E-state index in [4.69, 9.17) is 9.26 Å². The van der Waals surface area contributed by atoms with E-state index in [2.05, 4.69) is 9.88 Å². The third-order valence-electron chi connectivity index (χ3n) is 4.60. The highest BCUT2D eigenvalue weighted by atomic mass is 32.2. The summed E-state index contributed by atoms with van der Waals surface area (Å²) in [6.07, 6.45) is 2.61. The molecule has 0 unspecified atom stereocenters. The molecule has 0 saturated carbocycles. The molecule has 0 bridgehead atoms. The van der Waals surface area contributed by atoms with Crippen molar-refractivity contribution in [3.05, 3.63) is 29.7 Å². The van der Waals surface area contributed by atoms with Crippen molar-refractivity contribution in [1.29, 1.82) is 0 Å². The summed E-state index contributed by atoms with van der Waals surface area (Å²) in [6, 6.07) is 4.12. The molecule has 1 aliphatic heterocycles. The van der Waals surface area contributed by atoms with Crippen LogP contribution in [-0.2, 0) is 20.0 Å². The van der Waals surface area contributed by atoms with Crippen LogP contribution in [0.5, 0.6) is 5.75 Å². The van der Waals surface area contributed by atoms with Gasteiger partial charge in [-0.25, -0.2) is 16.8 Å². The number of aryl methyl sites for hydroxylation is 2. The number of hydrogen-bond donors (Lipinski definition) is 1. The van der Waals surface area contributed by atoms with Crippen LogP contribution in [0.15, 0.2) is 32.5 Å². The van der Waals surface area contributed by atoms with Crippen molar-refractivity contribution in [3.63, 3.8) is 0 Å². The molecular formula is C17H23N3O6S2. The molecule has 28 heavy (non-hydrogen) atoms. The van der Waals surface area contributed by atoms with Crippen molar-refractivity contribution in [2.24, 2.45) is 0 Å². The maximum atomic E-state index is 12.9. The number of nitrogens with one attached hydrogen (secondary N) is 1. The molecule has 9 nitrogen and oxygen atoms in total. The number of nitrogens with zero attached hydrogens (tertiary/aromatic N) is 2. The first-order valence-corrected chi connectivity index (χ1v) is 11.7. The minimum Gasteiger partial charge on any atom is -0.495 e. The number of anilines is 1. The van der Waals surface area contributed by atoms with E-state index < -0.39 is 20.0 Å². The van der Waals surface area contributed by atoms with Gasteiger partial charge in [0.1, 0.15) is 11.4 Å². The molecule has 2 heterocycles. The van der Waals surface area contributed by atoms with Gasteiger partial charge in [-0.05, 0) is 44.9 Å². The van der Waals surface area contributed by atoms with Crippen LogP contribution in [-0.4, -0.2) is 46.5 Å². The number of benzene rings is 1. The van der Waals surface area contributed by atoms with Crippen LogP contribution < -0.4 is 9.46 Å². The van der Waals surface area contributed by atoms with Crippen molar-refractivity contribution in [2.45, 2.75) is 42.9 Å². The zero-order chi connectivity index (χ0) is 20.5. The topological polar surface area (TPSA) is 119 Å². The van der Waals surface area contributed by atoms with E-state index in [-0.39, 0.29) is 32.7 Å². The van der Waals surface area contributed by atoms with E-state index in [1.165, 1.54) is 43.5 Å². The van der Waals surface area contributed by atoms with Crippen molar-refractivity contribution >= 4 is 25.7 Å². The van der Waals surface area contributed by atoms with E-state index in [0.717, 1.165) is 19.3 Å². The Labute approximate surface area is 164 Å². The highest BCUT2D eigenvalue weighted by molar-refractivity contribution is 7.92. The molecule has 0 spiro atoms. The van der Waals surface area contributed by atoms with Crippen molar-refractivity contribution in [3.8, 4) is 5.75 Å². The van der Waals surface area contributed by atoms with E-state index >= 15 is 0 Å². The predicted molar refractivity (Wildman–Crippen MR) is 102 cm³/mol. The summed E-state index contributed by atoms with van der Waals surface area (Å²) in [6.45, 7) is 3.91. The van der Waals surface area contributed by atoms with Gasteiger partial charge in [0.15, 0.2) is 10.7 Å². The van der Waals surface area contributed by atoms with Crippen LogP contribution in [0.3, 0.4) is 0 Å². The van der Waals surface area contributed by atoms with E-state index in [0.29, 0.717) is 13.1 Å². The lowest BCUT2D eigenvalue weighted by Crippen LogP contribution is -2.35. The van der Waals surface area contributed by atoms with Gasteiger partial charge in [-0.3, -0.25) is 4.72 Å². The van der Waals surface area contributed by atoms with Gasteiger partial charge in [0.25, 0.3) is 10.0 Å². The molecule has 1 aromatic heterocycles. The van der Waals surface area contributed by atoms with Crippen molar-refractivity contribution in [2.75, 3.05) is 24.9 Å². The molecule has 1 aliphatic rings. The van der Waals surface area contributed by atoms with Gasteiger partial charge in [-0.1, -0.05) is 11.6 Å². The molecule has 11 heteroatoms. The van der Waals surface area contributed by atoms with Crippen molar-refractivity contribution in [1.82, 2.24) is 9.46 Å². The molecule has 1 fully saturated rings. The third kappa shape index (κ3) is 3.87. The fraction of sp³-hybridized carbons (Fsp3) is 0.471. The lowest BCUT2D eigenvalue weighted by molar-refractivity contribution is 0.346. The standard InChI is InChI=1S/C17H23N3O6S2/c1-12-17(13(2)26-18-12)27(21,22)19-15-11-14(7-8-16(15)25-3)28(23,24)20-9-5-4-6-10-20/h7-8,11,19H,4-6,9-10H2,1-3H3. The van der Waals surface area contributed by atoms with E-state index in [9.17, 15) is 16.8 Å². The number of ether oxygens (including phenoxy) is 1. The SMILES string of the molecule is COc1ccc(S(=O)(=O)N2CCCCC2)cc1NS(=O)(=O)c1c(C)noc1C. The predicted octanol–water partition coefficient (Wildman–Crippen LogP) is 2.28. The minimum atomic E-state index is -4.05. The molecule has 0 atom stereocenters. The van der Waals surface area contributed by atoms with Gasteiger partial charge >= 0.3 is 0 Å². The Hall–Kier alpha value is -2.11. The quantitative estimate of drug-likeness (QED) is 0.748. The Bertz CT molecular complexity index is 1050. The number of aromatic nitrogens is 1. The average Bonchev–Trinajstić information content (AvgIpc) is 3.01. The zero-order valence-corrected chi connectivity index (χ0v) is 17.6. The van der Waals surface area contributed by atoms with Gasteiger partial charge in [0, 0.05) is 13.1 Å². The number of methoxy groups -OCH3 is 1. The Morgan fingerprint density at radius 2 is 1.79 bits per heavy atom. The van der Waals surface area contributed by atoms with Gasteiger partial charge < -0.3 is 9.26 Å². The van der Waals surface area contributed by atoms with Crippen LogP contribution in [0.4, 0.5) is 5.69 Å². The highest BCUT2D eigenvalue weighted by Gasteiger charge is 2.29. The molecule has 1 aromatic carbocycles. The second-order valence-corrected chi connectivity index (χ2v) is 10.1. The highest BCUT2D eigenvalue weighted by Crippen LogP contribution is 2.32. The largest absolute Gasteiger partial charge is 0.495 e. The fourth-order valence-corrected chi connectivity index (χ4v) is 6.17. The second kappa shape index (κ2) is 7.72. The van der Waals surface area contributed by atoms with E-state index in [1.807, 2.05) is 0 Å². The molecule has 154 valence electrons. The normalized spacial score (nSPS) is 16.1. The summed E-state index contributed by atoms with van der Waals surface area (Å²) in [5.74, 6) is 0.342. The molecule has 2 aromatic rings. The van der Waals surface area contributed by atoms with Gasteiger partial charge in [-0.15, -0.1) is 0 Å². The lowest BCUT2D eigenvalue weighted by atomic mass is 10.2. The number of sulfonamides is 2. The molecule has 0 radical (unpaired) electrons. The monoisotopic (exact) mass is 429 g/mol. The van der Waals surface area contributed by atoms with Crippen LogP contribution in [0.25, 0.3) is 0 Å². The fourth-order valence-electron chi connectivity index (χ4n) is 3.24. The first kappa shape index (κ1) is 20.6. The zero-order valence-electron chi connectivity index (χ0n) is 15.9.